The number of rotatable bonds is 5. The Bertz CT molecular complexity index is 344. The lowest BCUT2D eigenvalue weighted by molar-refractivity contribution is 0.164. The van der Waals surface area contributed by atoms with Crippen LogP contribution in [-0.4, -0.2) is 24.9 Å². The number of hydrogen-bond acceptors (Lipinski definition) is 3. The first kappa shape index (κ1) is 13.3. The van der Waals surface area contributed by atoms with Gasteiger partial charge in [-0.15, -0.1) is 0 Å². The van der Waals surface area contributed by atoms with Gasteiger partial charge >= 0.3 is 0 Å². The molecule has 0 aliphatic carbocycles. The third kappa shape index (κ3) is 3.37. The number of ether oxygens (including phenoxy) is 1. The second-order valence-corrected chi connectivity index (χ2v) is 4.35. The second kappa shape index (κ2) is 6.09. The molecule has 0 spiro atoms. The molecule has 2 atom stereocenters. The van der Waals surface area contributed by atoms with Gasteiger partial charge in [-0.25, -0.2) is 0 Å². The quantitative estimate of drug-likeness (QED) is 0.833. The summed E-state index contributed by atoms with van der Waals surface area (Å²) in [6.07, 6.45) is 0.117. The first-order valence-corrected chi connectivity index (χ1v) is 5.67. The Labute approximate surface area is 101 Å². The van der Waals surface area contributed by atoms with Crippen LogP contribution in [0.25, 0.3) is 0 Å². The zero-order valence-electron chi connectivity index (χ0n) is 9.61. The zero-order valence-corrected chi connectivity index (χ0v) is 10.4. The lowest BCUT2D eigenvalue weighted by atomic mass is 9.94. The minimum absolute atomic E-state index is 0.159. The summed E-state index contributed by atoms with van der Waals surface area (Å²) in [5.74, 6) is 0.952. The van der Waals surface area contributed by atoms with E-state index in [-0.39, 0.29) is 12.5 Å². The number of aliphatic hydroxyl groups excluding tert-OH is 1. The van der Waals surface area contributed by atoms with E-state index < -0.39 is 6.10 Å². The van der Waals surface area contributed by atoms with E-state index in [0.29, 0.717) is 11.4 Å². The molecule has 0 saturated heterocycles. The van der Waals surface area contributed by atoms with E-state index in [2.05, 4.69) is 0 Å². The van der Waals surface area contributed by atoms with Gasteiger partial charge in [-0.05, 0) is 36.1 Å². The van der Waals surface area contributed by atoms with Crippen LogP contribution in [0.2, 0.25) is 5.02 Å². The van der Waals surface area contributed by atoms with E-state index in [1.54, 1.807) is 13.2 Å². The Kier molecular flexibility index (Phi) is 5.06. The average Bonchev–Trinajstić information content (AvgIpc) is 2.28. The van der Waals surface area contributed by atoms with E-state index in [1.165, 1.54) is 0 Å². The lowest BCUT2D eigenvalue weighted by Gasteiger charge is -2.18. The second-order valence-electron chi connectivity index (χ2n) is 3.91. The summed E-state index contributed by atoms with van der Waals surface area (Å²) < 4.78 is 5.27. The van der Waals surface area contributed by atoms with Crippen molar-refractivity contribution in [2.75, 3.05) is 13.7 Å². The number of methoxy groups -OCH3 is 1. The summed E-state index contributed by atoms with van der Waals surface area (Å²) in [5, 5.41) is 10.2. The highest BCUT2D eigenvalue weighted by atomic mass is 35.5. The fourth-order valence-corrected chi connectivity index (χ4v) is 1.90. The van der Waals surface area contributed by atoms with Crippen molar-refractivity contribution in [1.82, 2.24) is 0 Å². The lowest BCUT2D eigenvalue weighted by Crippen LogP contribution is -2.21. The SMILES string of the molecule is COc1ccc(Cl)cc1C(C)CC(O)CN. The molecule has 4 heteroatoms. The monoisotopic (exact) mass is 243 g/mol. The molecule has 0 aliphatic heterocycles. The molecular formula is C12H18ClNO2. The van der Waals surface area contributed by atoms with Gasteiger partial charge in [0.1, 0.15) is 5.75 Å². The predicted octanol–water partition coefficient (Wildman–Crippen LogP) is 2.16. The molecule has 0 radical (unpaired) electrons. The molecule has 1 aromatic carbocycles. The summed E-state index contributed by atoms with van der Waals surface area (Å²) in [5.41, 5.74) is 6.39. The maximum Gasteiger partial charge on any atom is 0.122 e. The molecular weight excluding hydrogens is 226 g/mol. The van der Waals surface area contributed by atoms with Crippen LogP contribution in [0, 0.1) is 0 Å². The molecule has 0 saturated carbocycles. The van der Waals surface area contributed by atoms with Crippen molar-refractivity contribution < 1.29 is 9.84 Å². The summed E-state index contributed by atoms with van der Waals surface area (Å²) in [6.45, 7) is 2.29. The van der Waals surface area contributed by atoms with Crippen LogP contribution in [0.5, 0.6) is 5.75 Å². The molecule has 0 aliphatic rings. The third-order valence-corrected chi connectivity index (χ3v) is 2.86. The van der Waals surface area contributed by atoms with Gasteiger partial charge in [0.15, 0.2) is 0 Å². The summed E-state index contributed by atoms with van der Waals surface area (Å²) >= 11 is 5.95. The Balaban J connectivity index is 2.88. The molecule has 0 heterocycles. The maximum absolute atomic E-state index is 9.52. The van der Waals surface area contributed by atoms with Crippen LogP contribution in [0.4, 0.5) is 0 Å². The minimum atomic E-state index is -0.487. The Morgan fingerprint density at radius 2 is 2.19 bits per heavy atom. The normalized spacial score (nSPS) is 14.6. The van der Waals surface area contributed by atoms with Crippen molar-refractivity contribution >= 4 is 11.6 Å². The van der Waals surface area contributed by atoms with Crippen molar-refractivity contribution in [2.24, 2.45) is 5.73 Å². The Morgan fingerprint density at radius 3 is 2.75 bits per heavy atom. The summed E-state index contributed by atoms with van der Waals surface area (Å²) in [6, 6.07) is 5.49. The molecule has 2 unspecified atom stereocenters. The van der Waals surface area contributed by atoms with Gasteiger partial charge in [0.05, 0.1) is 13.2 Å². The van der Waals surface area contributed by atoms with Gasteiger partial charge < -0.3 is 15.6 Å². The summed E-state index contributed by atoms with van der Waals surface area (Å²) in [4.78, 5) is 0. The van der Waals surface area contributed by atoms with Gasteiger partial charge in [0.2, 0.25) is 0 Å². The maximum atomic E-state index is 9.52. The van der Waals surface area contributed by atoms with Crippen molar-refractivity contribution in [3.05, 3.63) is 28.8 Å². The summed E-state index contributed by atoms with van der Waals surface area (Å²) in [7, 11) is 1.62. The fraction of sp³-hybridized carbons (Fsp3) is 0.500. The van der Waals surface area contributed by atoms with Gasteiger partial charge in [-0.3, -0.25) is 0 Å². The number of benzene rings is 1. The van der Waals surface area contributed by atoms with Crippen LogP contribution in [0.1, 0.15) is 24.8 Å². The fourth-order valence-electron chi connectivity index (χ4n) is 1.72. The van der Waals surface area contributed by atoms with Crippen molar-refractivity contribution in [3.63, 3.8) is 0 Å². The highest BCUT2D eigenvalue weighted by Crippen LogP contribution is 2.31. The molecule has 90 valence electrons. The van der Waals surface area contributed by atoms with E-state index in [4.69, 9.17) is 22.1 Å². The molecule has 3 N–H and O–H groups in total. The predicted molar refractivity (Wildman–Crippen MR) is 66.1 cm³/mol. The topological polar surface area (TPSA) is 55.5 Å². The number of hydrogen-bond donors (Lipinski definition) is 2. The Hall–Kier alpha value is -0.770. The van der Waals surface area contributed by atoms with Crippen LogP contribution < -0.4 is 10.5 Å². The number of halogens is 1. The molecule has 1 aromatic rings. The largest absolute Gasteiger partial charge is 0.496 e. The van der Waals surface area contributed by atoms with E-state index >= 15 is 0 Å². The Morgan fingerprint density at radius 1 is 1.50 bits per heavy atom. The number of aliphatic hydroxyl groups is 1. The highest BCUT2D eigenvalue weighted by molar-refractivity contribution is 6.30. The van der Waals surface area contributed by atoms with Crippen LogP contribution >= 0.6 is 11.6 Å². The van der Waals surface area contributed by atoms with Crippen LogP contribution in [-0.2, 0) is 0 Å². The van der Waals surface area contributed by atoms with Crippen molar-refractivity contribution in [3.8, 4) is 5.75 Å². The minimum Gasteiger partial charge on any atom is -0.496 e. The van der Waals surface area contributed by atoms with Gasteiger partial charge in [-0.2, -0.15) is 0 Å². The van der Waals surface area contributed by atoms with Gasteiger partial charge in [-0.1, -0.05) is 18.5 Å². The van der Waals surface area contributed by atoms with Crippen LogP contribution in [0.3, 0.4) is 0 Å². The molecule has 0 fully saturated rings. The average molecular weight is 244 g/mol. The van der Waals surface area contributed by atoms with E-state index in [1.807, 2.05) is 19.1 Å². The first-order chi connectivity index (χ1) is 7.58. The van der Waals surface area contributed by atoms with E-state index in [9.17, 15) is 5.11 Å². The van der Waals surface area contributed by atoms with E-state index in [0.717, 1.165) is 11.3 Å². The van der Waals surface area contributed by atoms with Crippen molar-refractivity contribution in [2.45, 2.75) is 25.4 Å². The third-order valence-electron chi connectivity index (χ3n) is 2.62. The zero-order chi connectivity index (χ0) is 12.1. The van der Waals surface area contributed by atoms with Gasteiger partial charge in [0.25, 0.3) is 0 Å². The van der Waals surface area contributed by atoms with Gasteiger partial charge in [0, 0.05) is 11.6 Å². The smallest absolute Gasteiger partial charge is 0.122 e. The van der Waals surface area contributed by atoms with Crippen molar-refractivity contribution in [1.29, 1.82) is 0 Å². The molecule has 1 rings (SSSR count). The molecule has 3 nitrogen and oxygen atoms in total. The standard InChI is InChI=1S/C12H18ClNO2/c1-8(5-10(15)7-14)11-6-9(13)3-4-12(11)16-2/h3-4,6,8,10,15H,5,7,14H2,1-2H3. The molecule has 16 heavy (non-hydrogen) atoms. The number of nitrogens with two attached hydrogens (primary N) is 1. The molecule has 0 aromatic heterocycles. The highest BCUT2D eigenvalue weighted by Gasteiger charge is 2.15. The molecule has 0 amide bonds. The first-order valence-electron chi connectivity index (χ1n) is 5.30. The van der Waals surface area contributed by atoms with Crippen LogP contribution in [0.15, 0.2) is 18.2 Å². The molecule has 0 bridgehead atoms.